The second-order valence-electron chi connectivity index (χ2n) is 8.02. The first-order chi connectivity index (χ1) is 16.6. The van der Waals surface area contributed by atoms with Crippen molar-refractivity contribution in [3.8, 4) is 28.7 Å². The predicted octanol–water partition coefficient (Wildman–Crippen LogP) is 4.22. The average Bonchev–Trinajstić information content (AvgIpc) is 3.54. The van der Waals surface area contributed by atoms with Crippen molar-refractivity contribution in [2.75, 3.05) is 38.2 Å². The van der Waals surface area contributed by atoms with Crippen LogP contribution >= 0.6 is 11.6 Å². The molecule has 2 aromatic heterocycles. The van der Waals surface area contributed by atoms with E-state index in [1.807, 2.05) is 64.2 Å². The summed E-state index contributed by atoms with van der Waals surface area (Å²) in [5.41, 5.74) is 2.65. The summed E-state index contributed by atoms with van der Waals surface area (Å²) in [6.07, 6.45) is 1.85. The third-order valence-electron chi connectivity index (χ3n) is 5.95. The van der Waals surface area contributed by atoms with Crippen LogP contribution in [0.5, 0.6) is 5.75 Å². The molecule has 3 heterocycles. The third-order valence-corrected chi connectivity index (χ3v) is 6.20. The zero-order valence-electron chi connectivity index (χ0n) is 18.7. The molecule has 2 aromatic carbocycles. The number of hydrogen-bond donors (Lipinski definition) is 0. The molecular weight excluding hydrogens is 454 g/mol. The number of carbonyl (C=O) groups is 1. The summed E-state index contributed by atoms with van der Waals surface area (Å²) in [6.45, 7) is 3.12. The molecule has 1 aliphatic rings. The van der Waals surface area contributed by atoms with E-state index in [0.717, 1.165) is 30.1 Å². The number of halogens is 1. The van der Waals surface area contributed by atoms with Gasteiger partial charge in [-0.1, -0.05) is 16.8 Å². The van der Waals surface area contributed by atoms with E-state index in [9.17, 15) is 4.79 Å². The number of methoxy groups -OCH3 is 1. The Morgan fingerprint density at radius 1 is 1.03 bits per heavy atom. The Hall–Kier alpha value is -3.78. The van der Waals surface area contributed by atoms with E-state index >= 15 is 0 Å². The second-order valence-corrected chi connectivity index (χ2v) is 8.45. The van der Waals surface area contributed by atoms with Crippen LogP contribution in [0, 0.1) is 0 Å². The first-order valence-electron chi connectivity index (χ1n) is 11.0. The quantitative estimate of drug-likeness (QED) is 0.414. The average molecular weight is 478 g/mol. The van der Waals surface area contributed by atoms with Gasteiger partial charge in [0, 0.05) is 48.6 Å². The number of nitrogens with zero attached hydrogens (tertiary/aromatic N) is 5. The third kappa shape index (κ3) is 4.63. The fourth-order valence-corrected chi connectivity index (χ4v) is 4.17. The highest BCUT2D eigenvalue weighted by molar-refractivity contribution is 6.30. The molecule has 5 rings (SSSR count). The van der Waals surface area contributed by atoms with E-state index < -0.39 is 0 Å². The lowest BCUT2D eigenvalue weighted by molar-refractivity contribution is -0.132. The van der Waals surface area contributed by atoms with E-state index in [0.29, 0.717) is 35.5 Å². The van der Waals surface area contributed by atoms with Crippen LogP contribution in [0.25, 0.3) is 23.0 Å². The fourth-order valence-electron chi connectivity index (χ4n) is 4.04. The van der Waals surface area contributed by atoms with Gasteiger partial charge in [-0.25, -0.2) is 0 Å². The van der Waals surface area contributed by atoms with Gasteiger partial charge in [0.1, 0.15) is 18.0 Å². The lowest BCUT2D eigenvalue weighted by atomic mass is 10.2. The van der Waals surface area contributed by atoms with Crippen LogP contribution in [-0.4, -0.2) is 58.8 Å². The zero-order chi connectivity index (χ0) is 23.5. The van der Waals surface area contributed by atoms with Crippen molar-refractivity contribution in [2.45, 2.75) is 6.54 Å². The van der Waals surface area contributed by atoms with Gasteiger partial charge >= 0.3 is 0 Å². The molecule has 4 aromatic rings. The summed E-state index contributed by atoms with van der Waals surface area (Å²) in [4.78, 5) is 21.7. The van der Waals surface area contributed by atoms with Gasteiger partial charge in [-0.2, -0.15) is 4.98 Å². The standard InChI is InChI=1S/C25H24ClN5O3/c1-33-21-10-8-20(9-11-21)29-13-15-30(16-14-29)23(32)17-31-12-2-3-22(31)25-27-24(28-34-25)18-4-6-19(26)7-5-18/h2-12H,13-17H2,1H3. The lowest BCUT2D eigenvalue weighted by Gasteiger charge is -2.36. The van der Waals surface area contributed by atoms with Crippen molar-refractivity contribution >= 4 is 23.2 Å². The van der Waals surface area contributed by atoms with Crippen molar-refractivity contribution in [1.82, 2.24) is 19.6 Å². The number of aromatic nitrogens is 3. The monoisotopic (exact) mass is 477 g/mol. The number of rotatable bonds is 6. The number of anilines is 1. The smallest absolute Gasteiger partial charge is 0.274 e. The summed E-state index contributed by atoms with van der Waals surface area (Å²) < 4.78 is 12.6. The van der Waals surface area contributed by atoms with Gasteiger partial charge in [0.05, 0.1) is 7.11 Å². The predicted molar refractivity (Wildman–Crippen MR) is 130 cm³/mol. The van der Waals surface area contributed by atoms with Crippen molar-refractivity contribution in [2.24, 2.45) is 0 Å². The highest BCUT2D eigenvalue weighted by atomic mass is 35.5. The topological polar surface area (TPSA) is 76.6 Å². The maximum Gasteiger partial charge on any atom is 0.274 e. The molecule has 0 bridgehead atoms. The Bertz CT molecular complexity index is 1260. The van der Waals surface area contributed by atoms with Crippen molar-refractivity contribution in [1.29, 1.82) is 0 Å². The Kier molecular flexibility index (Phi) is 6.22. The molecule has 8 nitrogen and oxygen atoms in total. The van der Waals surface area contributed by atoms with Crippen molar-refractivity contribution < 1.29 is 14.1 Å². The highest BCUT2D eigenvalue weighted by Gasteiger charge is 2.23. The molecule has 1 saturated heterocycles. The Labute approximate surface area is 202 Å². The van der Waals surface area contributed by atoms with E-state index in [-0.39, 0.29) is 12.5 Å². The summed E-state index contributed by atoms with van der Waals surface area (Å²) >= 11 is 5.96. The van der Waals surface area contributed by atoms with Gasteiger partial charge in [0.25, 0.3) is 5.89 Å². The number of amides is 1. The number of ether oxygens (including phenoxy) is 1. The van der Waals surface area contributed by atoms with Crippen LogP contribution in [0.4, 0.5) is 5.69 Å². The van der Waals surface area contributed by atoms with E-state index in [2.05, 4.69) is 15.0 Å². The molecule has 0 atom stereocenters. The molecule has 0 spiro atoms. The maximum atomic E-state index is 13.0. The van der Waals surface area contributed by atoms with Crippen LogP contribution in [0.3, 0.4) is 0 Å². The highest BCUT2D eigenvalue weighted by Crippen LogP contribution is 2.24. The molecule has 9 heteroatoms. The minimum Gasteiger partial charge on any atom is -0.497 e. The van der Waals surface area contributed by atoms with Crippen LogP contribution in [0.1, 0.15) is 0 Å². The lowest BCUT2D eigenvalue weighted by Crippen LogP contribution is -2.49. The number of hydrogen-bond acceptors (Lipinski definition) is 6. The summed E-state index contributed by atoms with van der Waals surface area (Å²) in [7, 11) is 1.66. The van der Waals surface area contributed by atoms with Gasteiger partial charge < -0.3 is 23.6 Å². The van der Waals surface area contributed by atoms with Gasteiger partial charge in [-0.15, -0.1) is 0 Å². The van der Waals surface area contributed by atoms with Crippen LogP contribution in [-0.2, 0) is 11.3 Å². The van der Waals surface area contributed by atoms with E-state index in [1.54, 1.807) is 19.2 Å². The molecular formula is C25H24ClN5O3. The molecule has 0 N–H and O–H groups in total. The number of carbonyl (C=O) groups excluding carboxylic acids is 1. The number of benzene rings is 2. The molecule has 34 heavy (non-hydrogen) atoms. The van der Waals surface area contributed by atoms with Gasteiger partial charge in [-0.05, 0) is 60.7 Å². The van der Waals surface area contributed by atoms with Gasteiger partial charge in [-0.3, -0.25) is 4.79 Å². The van der Waals surface area contributed by atoms with E-state index in [1.165, 1.54) is 0 Å². The minimum absolute atomic E-state index is 0.0595. The summed E-state index contributed by atoms with van der Waals surface area (Å²) in [5, 5.41) is 4.72. The van der Waals surface area contributed by atoms with Crippen molar-refractivity contribution in [3.05, 3.63) is 71.9 Å². The normalized spacial score (nSPS) is 13.8. The first-order valence-corrected chi connectivity index (χ1v) is 11.4. The van der Waals surface area contributed by atoms with Crippen LogP contribution < -0.4 is 9.64 Å². The summed E-state index contributed by atoms with van der Waals surface area (Å²) in [6, 6.07) is 19.0. The van der Waals surface area contributed by atoms with Crippen LogP contribution in [0.15, 0.2) is 71.4 Å². The molecule has 0 unspecified atom stereocenters. The van der Waals surface area contributed by atoms with Crippen LogP contribution in [0.2, 0.25) is 5.02 Å². The van der Waals surface area contributed by atoms with Gasteiger partial charge in [0.2, 0.25) is 11.7 Å². The SMILES string of the molecule is COc1ccc(N2CCN(C(=O)Cn3cccc3-c3nc(-c4ccc(Cl)cc4)no3)CC2)cc1. The summed E-state index contributed by atoms with van der Waals surface area (Å²) in [5.74, 6) is 1.73. The Morgan fingerprint density at radius 2 is 1.76 bits per heavy atom. The molecule has 174 valence electrons. The second kappa shape index (κ2) is 9.61. The molecule has 0 radical (unpaired) electrons. The zero-order valence-corrected chi connectivity index (χ0v) is 19.5. The van der Waals surface area contributed by atoms with Gasteiger partial charge in [0.15, 0.2) is 0 Å². The maximum absolute atomic E-state index is 13.0. The largest absolute Gasteiger partial charge is 0.497 e. The molecule has 1 fully saturated rings. The fraction of sp³-hybridized carbons (Fsp3) is 0.240. The van der Waals surface area contributed by atoms with Crippen molar-refractivity contribution in [3.63, 3.8) is 0 Å². The Balaban J connectivity index is 1.22. The molecule has 1 amide bonds. The first kappa shape index (κ1) is 22.0. The molecule has 1 aliphatic heterocycles. The Morgan fingerprint density at radius 3 is 2.47 bits per heavy atom. The number of piperazine rings is 1. The molecule has 0 aliphatic carbocycles. The van der Waals surface area contributed by atoms with E-state index in [4.69, 9.17) is 20.9 Å². The molecule has 0 saturated carbocycles. The minimum atomic E-state index is 0.0595.